The van der Waals surface area contributed by atoms with Crippen LogP contribution in [0.25, 0.3) is 0 Å². The number of carbonyl (C=O) groups excluding carboxylic acids is 1. The van der Waals surface area contributed by atoms with Crippen molar-refractivity contribution in [3.05, 3.63) is 71.0 Å². The molecule has 1 aliphatic rings. The molecule has 0 atom stereocenters. The van der Waals surface area contributed by atoms with Gasteiger partial charge in [0.25, 0.3) is 0 Å². The van der Waals surface area contributed by atoms with Crippen molar-refractivity contribution in [2.24, 2.45) is 0 Å². The zero-order valence-electron chi connectivity index (χ0n) is 14.9. The molecule has 2 aromatic carbocycles. The van der Waals surface area contributed by atoms with Crippen LogP contribution in [0.2, 0.25) is 0 Å². The van der Waals surface area contributed by atoms with Gasteiger partial charge in [-0.1, -0.05) is 31.2 Å². The lowest BCUT2D eigenvalue weighted by Crippen LogP contribution is -2.38. The molecule has 0 N–H and O–H groups in total. The smallest absolute Gasteiger partial charge is 0.338 e. The van der Waals surface area contributed by atoms with E-state index in [1.807, 2.05) is 37.3 Å². The molecule has 1 aliphatic carbocycles. The van der Waals surface area contributed by atoms with E-state index in [1.165, 1.54) is 6.07 Å². The summed E-state index contributed by atoms with van der Waals surface area (Å²) in [4.78, 5) is 12.4. The van der Waals surface area contributed by atoms with Gasteiger partial charge in [-0.25, -0.2) is 9.18 Å². The van der Waals surface area contributed by atoms with Gasteiger partial charge in [-0.2, -0.15) is 5.26 Å². The lowest BCUT2D eigenvalue weighted by atomic mass is 9.74. The van der Waals surface area contributed by atoms with Crippen molar-refractivity contribution in [3.8, 4) is 6.07 Å². The van der Waals surface area contributed by atoms with Gasteiger partial charge < -0.3 is 4.74 Å². The molecule has 3 rings (SSSR count). The molecule has 0 saturated heterocycles. The van der Waals surface area contributed by atoms with Gasteiger partial charge in [0.1, 0.15) is 17.5 Å². The topological polar surface area (TPSA) is 50.1 Å². The number of nitriles is 1. The van der Waals surface area contributed by atoms with Crippen molar-refractivity contribution < 1.29 is 13.9 Å². The minimum Gasteiger partial charge on any atom is -0.455 e. The van der Waals surface area contributed by atoms with E-state index in [0.29, 0.717) is 5.56 Å². The monoisotopic (exact) mass is 351 g/mol. The highest BCUT2D eigenvalue weighted by atomic mass is 19.1. The summed E-state index contributed by atoms with van der Waals surface area (Å²) in [7, 11) is 0. The van der Waals surface area contributed by atoms with E-state index in [9.17, 15) is 9.18 Å². The molecule has 0 aromatic heterocycles. The van der Waals surface area contributed by atoms with Gasteiger partial charge in [0.2, 0.25) is 0 Å². The molecule has 0 amide bonds. The van der Waals surface area contributed by atoms with Gasteiger partial charge in [0.05, 0.1) is 11.1 Å². The Bertz CT molecular complexity index is 818. The van der Waals surface area contributed by atoms with E-state index >= 15 is 0 Å². The van der Waals surface area contributed by atoms with E-state index in [-0.39, 0.29) is 17.5 Å². The van der Waals surface area contributed by atoms with Crippen molar-refractivity contribution in [2.75, 3.05) is 0 Å². The van der Waals surface area contributed by atoms with Crippen LogP contribution >= 0.6 is 0 Å². The average Bonchev–Trinajstić information content (AvgIpc) is 2.69. The minimum atomic E-state index is -0.465. The molecule has 0 radical (unpaired) electrons. The summed E-state index contributed by atoms with van der Waals surface area (Å²) < 4.78 is 19.8. The Kier molecular flexibility index (Phi) is 5.37. The molecule has 4 heteroatoms. The van der Waals surface area contributed by atoms with E-state index in [4.69, 9.17) is 10.00 Å². The fourth-order valence-electron chi connectivity index (χ4n) is 3.71. The molecule has 0 unspecified atom stereocenters. The summed E-state index contributed by atoms with van der Waals surface area (Å²) in [5.74, 6) is -0.518. The number of rotatable bonds is 4. The summed E-state index contributed by atoms with van der Waals surface area (Å²) in [6.45, 7) is 2.04. The Morgan fingerprint density at radius 3 is 2.50 bits per heavy atom. The van der Waals surface area contributed by atoms with Crippen LogP contribution in [0.5, 0.6) is 0 Å². The summed E-state index contributed by atoms with van der Waals surface area (Å²) in [6.07, 6.45) is 3.95. The molecule has 134 valence electrons. The molecule has 0 spiro atoms. The number of nitrogens with zero attached hydrogens (tertiary/aromatic N) is 1. The van der Waals surface area contributed by atoms with Crippen molar-refractivity contribution >= 4 is 5.97 Å². The van der Waals surface area contributed by atoms with E-state index < -0.39 is 11.4 Å². The quantitative estimate of drug-likeness (QED) is 0.697. The van der Waals surface area contributed by atoms with Crippen molar-refractivity contribution in [2.45, 2.75) is 50.5 Å². The normalized spacial score (nSPS) is 22.4. The van der Waals surface area contributed by atoms with Crippen LogP contribution in [0.4, 0.5) is 4.39 Å². The molecule has 2 aromatic rings. The Morgan fingerprint density at radius 2 is 1.92 bits per heavy atom. The van der Waals surface area contributed by atoms with Crippen LogP contribution in [0.1, 0.15) is 66.4 Å². The number of hydrogen-bond donors (Lipinski definition) is 0. The van der Waals surface area contributed by atoms with Crippen molar-refractivity contribution in [1.29, 1.82) is 5.26 Å². The fraction of sp³-hybridized carbons (Fsp3) is 0.364. The van der Waals surface area contributed by atoms with E-state index in [2.05, 4.69) is 0 Å². The first kappa shape index (κ1) is 18.1. The lowest BCUT2D eigenvalue weighted by molar-refractivity contribution is -0.0424. The SMILES string of the molecule is CCC1(OC(=O)c2ccccc2)CCC(c2ccc(C#N)c(F)c2)CC1. The van der Waals surface area contributed by atoms with Crippen LogP contribution in [-0.2, 0) is 4.74 Å². The van der Waals surface area contributed by atoms with Crippen LogP contribution in [0.3, 0.4) is 0 Å². The average molecular weight is 351 g/mol. The Labute approximate surface area is 153 Å². The Balaban J connectivity index is 1.68. The first-order valence-corrected chi connectivity index (χ1v) is 9.05. The minimum absolute atomic E-state index is 0.0734. The maximum absolute atomic E-state index is 13.9. The van der Waals surface area contributed by atoms with Crippen LogP contribution < -0.4 is 0 Å². The molecule has 1 saturated carbocycles. The summed E-state index contributed by atoms with van der Waals surface area (Å²) in [5.41, 5.74) is 1.11. The number of carbonyl (C=O) groups is 1. The molecule has 0 heterocycles. The standard InChI is InChI=1S/C22H22FNO2/c1-2-22(26-21(25)17-6-4-3-5-7-17)12-10-16(11-13-22)18-8-9-19(15-24)20(23)14-18/h3-9,14,16H,2,10-13H2,1H3. The second kappa shape index (κ2) is 7.70. The first-order chi connectivity index (χ1) is 12.6. The van der Waals surface area contributed by atoms with E-state index in [1.54, 1.807) is 18.2 Å². The Hall–Kier alpha value is -2.67. The molecule has 3 nitrogen and oxygen atoms in total. The number of halogens is 1. The molecule has 26 heavy (non-hydrogen) atoms. The predicted molar refractivity (Wildman–Crippen MR) is 97.2 cm³/mol. The molecule has 1 fully saturated rings. The van der Waals surface area contributed by atoms with Crippen LogP contribution in [-0.4, -0.2) is 11.6 Å². The summed E-state index contributed by atoms with van der Waals surface area (Å²) >= 11 is 0. The number of ether oxygens (including phenoxy) is 1. The third kappa shape index (κ3) is 3.77. The first-order valence-electron chi connectivity index (χ1n) is 9.05. The highest BCUT2D eigenvalue weighted by Gasteiger charge is 2.38. The second-order valence-corrected chi connectivity index (χ2v) is 6.92. The molecule has 0 bridgehead atoms. The zero-order valence-corrected chi connectivity index (χ0v) is 14.9. The number of esters is 1. The van der Waals surface area contributed by atoms with Gasteiger partial charge in [-0.3, -0.25) is 0 Å². The van der Waals surface area contributed by atoms with Gasteiger partial charge in [0.15, 0.2) is 0 Å². The second-order valence-electron chi connectivity index (χ2n) is 6.92. The largest absolute Gasteiger partial charge is 0.455 e. The zero-order chi connectivity index (χ0) is 18.6. The lowest BCUT2D eigenvalue weighted by Gasteiger charge is -2.39. The van der Waals surface area contributed by atoms with Crippen LogP contribution in [0.15, 0.2) is 48.5 Å². The van der Waals surface area contributed by atoms with Gasteiger partial charge in [0, 0.05) is 0 Å². The number of hydrogen-bond acceptors (Lipinski definition) is 3. The maximum atomic E-state index is 13.9. The molecular weight excluding hydrogens is 329 g/mol. The summed E-state index contributed by atoms with van der Waals surface area (Å²) in [6, 6.07) is 15.7. The highest BCUT2D eigenvalue weighted by molar-refractivity contribution is 5.89. The van der Waals surface area contributed by atoms with Gasteiger partial charge in [-0.15, -0.1) is 0 Å². The third-order valence-corrected chi connectivity index (χ3v) is 5.44. The highest BCUT2D eigenvalue weighted by Crippen LogP contribution is 2.42. The maximum Gasteiger partial charge on any atom is 0.338 e. The Morgan fingerprint density at radius 1 is 1.23 bits per heavy atom. The third-order valence-electron chi connectivity index (χ3n) is 5.44. The summed E-state index contributed by atoms with van der Waals surface area (Å²) in [5, 5.41) is 8.86. The van der Waals surface area contributed by atoms with E-state index in [0.717, 1.165) is 37.7 Å². The van der Waals surface area contributed by atoms with Gasteiger partial charge in [-0.05, 0) is 67.9 Å². The van der Waals surface area contributed by atoms with Gasteiger partial charge >= 0.3 is 5.97 Å². The predicted octanol–water partition coefficient (Wildman–Crippen LogP) is 5.36. The molecular formula is C22H22FNO2. The van der Waals surface area contributed by atoms with Crippen molar-refractivity contribution in [1.82, 2.24) is 0 Å². The number of benzene rings is 2. The van der Waals surface area contributed by atoms with Crippen LogP contribution in [0, 0.1) is 17.1 Å². The van der Waals surface area contributed by atoms with Crippen molar-refractivity contribution in [3.63, 3.8) is 0 Å². The fourth-order valence-corrected chi connectivity index (χ4v) is 3.71. The molecule has 0 aliphatic heterocycles.